The highest BCUT2D eigenvalue weighted by Gasteiger charge is 2.28. The van der Waals surface area contributed by atoms with Crippen molar-refractivity contribution in [1.29, 1.82) is 0 Å². The van der Waals surface area contributed by atoms with E-state index in [0.29, 0.717) is 70.2 Å². The normalized spacial score (nSPS) is 16.1. The molecule has 0 spiro atoms. The molecule has 2 aromatic carbocycles. The Kier molecular flexibility index (Phi) is 12.9. The molecule has 0 fully saturated rings. The summed E-state index contributed by atoms with van der Waals surface area (Å²) in [4.78, 5) is 38.9. The van der Waals surface area contributed by atoms with Gasteiger partial charge in [0.05, 0.1) is 18.9 Å². The number of benzene rings is 2. The van der Waals surface area contributed by atoms with Crippen LogP contribution in [0.4, 0.5) is 16.2 Å². The van der Waals surface area contributed by atoms with Gasteiger partial charge < -0.3 is 24.8 Å². The molecular formula is C35H40ClN8O7+. The third-order valence-electron chi connectivity index (χ3n) is 8.12. The van der Waals surface area contributed by atoms with Crippen molar-refractivity contribution < 1.29 is 38.5 Å². The van der Waals surface area contributed by atoms with Gasteiger partial charge in [0.15, 0.2) is 0 Å². The molecule has 16 heteroatoms. The number of carbonyl (C=O) groups excluding carboxylic acids is 3. The molecule has 4 aromatic rings. The van der Waals surface area contributed by atoms with E-state index in [1.165, 1.54) is 30.4 Å². The molecular weight excluding hydrogens is 680 g/mol. The lowest BCUT2D eigenvalue weighted by Crippen LogP contribution is -2.41. The number of aromatic nitrogens is 5. The third-order valence-corrected chi connectivity index (χ3v) is 8.36. The van der Waals surface area contributed by atoms with E-state index in [9.17, 15) is 19.6 Å². The number of carbonyl (C=O) groups is 3. The number of fused-ring (bicyclic) bond motifs is 4. The molecule has 1 aliphatic rings. The highest BCUT2D eigenvalue weighted by atomic mass is 35.5. The molecule has 5 rings (SSSR count). The maximum absolute atomic E-state index is 13.4. The van der Waals surface area contributed by atoms with E-state index in [-0.39, 0.29) is 19.8 Å². The lowest BCUT2D eigenvalue weighted by Gasteiger charge is -2.21. The monoisotopic (exact) mass is 719 g/mol. The van der Waals surface area contributed by atoms with Gasteiger partial charge in [-0.25, -0.2) is 9.59 Å². The van der Waals surface area contributed by atoms with E-state index in [2.05, 4.69) is 31.5 Å². The average Bonchev–Trinajstić information content (AvgIpc) is 3.65. The molecule has 2 amide bonds. The Labute approximate surface area is 299 Å². The summed E-state index contributed by atoms with van der Waals surface area (Å²) < 4.78 is 17.9. The van der Waals surface area contributed by atoms with Crippen LogP contribution >= 0.6 is 11.6 Å². The quantitative estimate of drug-likeness (QED) is 0.0576. The molecule has 0 saturated heterocycles. The Bertz CT molecular complexity index is 1850. The number of nitrogens with zero attached hydrogens (tertiary/aromatic N) is 5. The maximum Gasteiger partial charge on any atom is 0.411 e. The second kappa shape index (κ2) is 17.9. The Balaban J connectivity index is 1.45. The first kappa shape index (κ1) is 36.7. The highest BCUT2D eigenvalue weighted by molar-refractivity contribution is 6.30. The Hall–Kier alpha value is -5.54. The van der Waals surface area contributed by atoms with Gasteiger partial charge in [-0.05, 0) is 72.2 Å². The second-order valence-corrected chi connectivity index (χ2v) is 12.1. The lowest BCUT2D eigenvalue weighted by atomic mass is 9.99. The van der Waals surface area contributed by atoms with Crippen molar-refractivity contribution in [1.82, 2.24) is 25.5 Å². The van der Waals surface area contributed by atoms with Crippen molar-refractivity contribution in [3.63, 3.8) is 0 Å². The number of nitrogens with one attached hydrogen (secondary N) is 3. The van der Waals surface area contributed by atoms with Crippen LogP contribution in [-0.2, 0) is 23.8 Å². The number of amides is 2. The second-order valence-electron chi connectivity index (χ2n) is 11.6. The smallest absolute Gasteiger partial charge is 0.411 e. The van der Waals surface area contributed by atoms with Gasteiger partial charge >= 0.3 is 12.1 Å². The standard InChI is InChI=1S/C35H39ClN8O7/c1-3-50-34(46)29-8-6-4-5-7-28(40-33(45)14-9-24-19-25(36)10-13-31(24)43-22-37-41-42-43)32-20-23(15-16-44(32)48)27-12-11-26(21-30(27)39-29)38-35(47)51-18-17-49-2/h9-16,19-22,28-29,48H,3-8,17-18H2,1-2H3,(H2,38,39,40,45,47)/p+1/b14-9+,27-23?/t28-,29+/m0/s1. The zero-order valence-electron chi connectivity index (χ0n) is 28.3. The largest absolute Gasteiger partial charge is 0.464 e. The molecule has 268 valence electrons. The molecule has 51 heavy (non-hydrogen) atoms. The summed E-state index contributed by atoms with van der Waals surface area (Å²) in [5.41, 5.74) is 4.06. The van der Waals surface area contributed by atoms with Crippen LogP contribution in [0, 0.1) is 0 Å². The summed E-state index contributed by atoms with van der Waals surface area (Å²) in [5.74, 6) is -0.785. The number of hydrogen-bond donors (Lipinski definition) is 4. The van der Waals surface area contributed by atoms with Crippen LogP contribution in [0.5, 0.6) is 0 Å². The van der Waals surface area contributed by atoms with Gasteiger partial charge in [0.25, 0.3) is 5.69 Å². The van der Waals surface area contributed by atoms with Crippen molar-refractivity contribution in [2.45, 2.75) is 51.1 Å². The van der Waals surface area contributed by atoms with Gasteiger partial charge in [-0.15, -0.1) is 5.10 Å². The number of anilines is 2. The van der Waals surface area contributed by atoms with Crippen LogP contribution in [0.2, 0.25) is 5.02 Å². The van der Waals surface area contributed by atoms with Crippen LogP contribution in [0.15, 0.2) is 67.1 Å². The number of methoxy groups -OCH3 is 1. The molecule has 2 aromatic heterocycles. The minimum Gasteiger partial charge on any atom is -0.464 e. The number of tetrazole rings is 1. The molecule has 0 unspecified atom stereocenters. The Morgan fingerprint density at radius 1 is 1.08 bits per heavy atom. The van der Waals surface area contributed by atoms with Crippen LogP contribution in [0.25, 0.3) is 22.9 Å². The topological polar surface area (TPSA) is 183 Å². The van der Waals surface area contributed by atoms with E-state index in [0.717, 1.165) is 11.2 Å². The zero-order valence-corrected chi connectivity index (χ0v) is 29.0. The van der Waals surface area contributed by atoms with Crippen molar-refractivity contribution in [3.05, 3.63) is 83.4 Å². The first-order valence-electron chi connectivity index (χ1n) is 16.5. The molecule has 4 N–H and O–H groups in total. The maximum atomic E-state index is 13.4. The van der Waals surface area contributed by atoms with Gasteiger partial charge in [0.1, 0.15) is 25.0 Å². The molecule has 0 saturated carbocycles. The minimum absolute atomic E-state index is 0.0836. The van der Waals surface area contributed by atoms with Gasteiger partial charge in [0.2, 0.25) is 12.1 Å². The van der Waals surface area contributed by atoms with E-state index >= 15 is 0 Å². The van der Waals surface area contributed by atoms with Gasteiger partial charge in [-0.2, -0.15) is 4.68 Å². The third kappa shape index (κ3) is 10.0. The number of halogens is 1. The molecule has 0 aliphatic carbocycles. The van der Waals surface area contributed by atoms with Gasteiger partial charge in [-0.1, -0.05) is 36.9 Å². The minimum atomic E-state index is -0.662. The van der Waals surface area contributed by atoms with Crippen LogP contribution in [0.1, 0.15) is 56.3 Å². The number of hydrogen-bond acceptors (Lipinski definition) is 11. The molecule has 2 atom stereocenters. The summed E-state index contributed by atoms with van der Waals surface area (Å²) in [6.07, 6.45) is 8.41. The van der Waals surface area contributed by atoms with Gasteiger partial charge in [-0.3, -0.25) is 15.3 Å². The SMILES string of the molecule is CCOC(=O)[C@H]1CCCCC[C@H](NC(=O)/C=C/c2cc(Cl)ccc2-n2cnnn2)c2cc(cc[n+]2O)-c2ccc(NC(=O)OCCOC)cc2N1. The predicted octanol–water partition coefficient (Wildman–Crippen LogP) is 4.88. The van der Waals surface area contributed by atoms with E-state index < -0.39 is 30.1 Å². The summed E-state index contributed by atoms with van der Waals surface area (Å²) in [6.45, 7) is 2.32. The number of ether oxygens (including phenoxy) is 3. The fraction of sp³-hybridized carbons (Fsp3) is 0.343. The van der Waals surface area contributed by atoms with E-state index in [1.807, 2.05) is 0 Å². The Morgan fingerprint density at radius 2 is 1.92 bits per heavy atom. The summed E-state index contributed by atoms with van der Waals surface area (Å²) >= 11 is 6.25. The molecule has 2 bridgehead atoms. The number of pyridine rings is 1. The van der Waals surface area contributed by atoms with Crippen molar-refractivity contribution in [3.8, 4) is 16.8 Å². The van der Waals surface area contributed by atoms with Crippen molar-refractivity contribution in [2.75, 3.05) is 37.6 Å². The lowest BCUT2D eigenvalue weighted by molar-refractivity contribution is -0.910. The van der Waals surface area contributed by atoms with Crippen LogP contribution in [-0.4, -0.2) is 76.4 Å². The zero-order chi connectivity index (χ0) is 36.2. The fourth-order valence-electron chi connectivity index (χ4n) is 5.67. The molecule has 0 radical (unpaired) electrons. The van der Waals surface area contributed by atoms with E-state index in [1.54, 1.807) is 61.5 Å². The molecule has 3 heterocycles. The Morgan fingerprint density at radius 3 is 2.71 bits per heavy atom. The van der Waals surface area contributed by atoms with Crippen LogP contribution < -0.4 is 20.7 Å². The van der Waals surface area contributed by atoms with Crippen molar-refractivity contribution >= 4 is 47.0 Å². The predicted molar refractivity (Wildman–Crippen MR) is 187 cm³/mol. The fourth-order valence-corrected chi connectivity index (χ4v) is 5.86. The first-order valence-corrected chi connectivity index (χ1v) is 16.9. The van der Waals surface area contributed by atoms with Crippen molar-refractivity contribution in [2.24, 2.45) is 0 Å². The van der Waals surface area contributed by atoms with E-state index in [4.69, 9.17) is 25.8 Å². The number of esters is 1. The average molecular weight is 720 g/mol. The highest BCUT2D eigenvalue weighted by Crippen LogP contribution is 2.34. The van der Waals surface area contributed by atoms with Crippen LogP contribution in [0.3, 0.4) is 0 Å². The first-order chi connectivity index (χ1) is 24.7. The van der Waals surface area contributed by atoms with Gasteiger partial charge in [0, 0.05) is 57.6 Å². The molecule has 15 nitrogen and oxygen atoms in total. The molecule has 1 aliphatic heterocycles. The summed E-state index contributed by atoms with van der Waals surface area (Å²) in [7, 11) is 1.51. The summed E-state index contributed by atoms with van der Waals surface area (Å²) in [5, 5.41) is 31.9. The summed E-state index contributed by atoms with van der Waals surface area (Å²) in [6, 6.07) is 12.6. The number of rotatable bonds is 10.